The number of aliphatic hydroxyl groups excluding tert-OH is 1. The van der Waals surface area contributed by atoms with E-state index in [1.165, 1.54) is 0 Å². The predicted molar refractivity (Wildman–Crippen MR) is 68.1 cm³/mol. The van der Waals surface area contributed by atoms with Gasteiger partial charge in [-0.05, 0) is 25.7 Å². The molecule has 0 saturated heterocycles. The number of rotatable bonds is 6. The van der Waals surface area contributed by atoms with E-state index in [0.717, 1.165) is 38.4 Å². The van der Waals surface area contributed by atoms with Crippen LogP contribution in [0.4, 0.5) is 16.2 Å². The van der Waals surface area contributed by atoms with Crippen molar-refractivity contribution in [3.05, 3.63) is 12.0 Å². The van der Waals surface area contributed by atoms with E-state index in [4.69, 9.17) is 0 Å². The molecule has 2 rings (SSSR count). The van der Waals surface area contributed by atoms with Crippen molar-refractivity contribution in [3.63, 3.8) is 0 Å². The van der Waals surface area contributed by atoms with Crippen LogP contribution < -0.4 is 10.6 Å². The van der Waals surface area contributed by atoms with Gasteiger partial charge in [0.2, 0.25) is 5.95 Å². The molecule has 0 amide bonds. The molecule has 0 aromatic carbocycles. The number of nitrogens with zero attached hydrogens (tertiary/aromatic N) is 2. The summed E-state index contributed by atoms with van der Waals surface area (Å²) < 4.78 is 13.6. The van der Waals surface area contributed by atoms with Gasteiger partial charge in [-0.25, -0.2) is 9.37 Å². The van der Waals surface area contributed by atoms with Crippen LogP contribution in [0.3, 0.4) is 0 Å². The van der Waals surface area contributed by atoms with Crippen LogP contribution in [0.15, 0.2) is 6.20 Å². The van der Waals surface area contributed by atoms with E-state index in [9.17, 15) is 9.50 Å². The highest BCUT2D eigenvalue weighted by Gasteiger charge is 2.37. The van der Waals surface area contributed by atoms with Gasteiger partial charge in [-0.2, -0.15) is 4.98 Å². The molecule has 1 aromatic heterocycles. The van der Waals surface area contributed by atoms with Gasteiger partial charge in [0, 0.05) is 6.54 Å². The third kappa shape index (κ3) is 2.69. The van der Waals surface area contributed by atoms with E-state index in [1.807, 2.05) is 6.92 Å². The molecule has 1 aromatic rings. The van der Waals surface area contributed by atoms with Crippen LogP contribution in [0.2, 0.25) is 0 Å². The first-order valence-corrected chi connectivity index (χ1v) is 6.34. The number of nitrogens with one attached hydrogen (secondary N) is 2. The average molecular weight is 254 g/mol. The first-order chi connectivity index (χ1) is 8.69. The molecule has 18 heavy (non-hydrogen) atoms. The highest BCUT2D eigenvalue weighted by Crippen LogP contribution is 2.34. The third-order valence-electron chi connectivity index (χ3n) is 3.27. The summed E-state index contributed by atoms with van der Waals surface area (Å²) in [6.45, 7) is 2.77. The monoisotopic (exact) mass is 254 g/mol. The minimum atomic E-state index is -0.489. The number of hydrogen-bond donors (Lipinski definition) is 3. The van der Waals surface area contributed by atoms with E-state index in [-0.39, 0.29) is 12.4 Å². The van der Waals surface area contributed by atoms with Crippen LogP contribution >= 0.6 is 0 Å². The lowest BCUT2D eigenvalue weighted by Crippen LogP contribution is -2.48. The molecule has 1 heterocycles. The van der Waals surface area contributed by atoms with Crippen LogP contribution in [0.1, 0.15) is 32.6 Å². The van der Waals surface area contributed by atoms with Gasteiger partial charge < -0.3 is 15.7 Å². The fourth-order valence-electron chi connectivity index (χ4n) is 1.95. The molecule has 1 fully saturated rings. The maximum atomic E-state index is 13.6. The van der Waals surface area contributed by atoms with Crippen molar-refractivity contribution < 1.29 is 9.50 Å². The number of hydrogen-bond acceptors (Lipinski definition) is 5. The van der Waals surface area contributed by atoms with Crippen molar-refractivity contribution in [3.8, 4) is 0 Å². The van der Waals surface area contributed by atoms with Crippen LogP contribution in [0.5, 0.6) is 0 Å². The number of anilines is 2. The molecular formula is C12H19FN4O. The van der Waals surface area contributed by atoms with Crippen molar-refractivity contribution >= 4 is 11.8 Å². The highest BCUT2D eigenvalue weighted by atomic mass is 19.1. The Bertz CT molecular complexity index is 404. The van der Waals surface area contributed by atoms with Crippen LogP contribution in [-0.4, -0.2) is 33.8 Å². The van der Waals surface area contributed by atoms with Gasteiger partial charge >= 0.3 is 0 Å². The SMILES string of the molecule is CCCNc1ncc(F)c(NC2(CO)CCC2)n1. The Kier molecular flexibility index (Phi) is 3.96. The van der Waals surface area contributed by atoms with E-state index >= 15 is 0 Å². The van der Waals surface area contributed by atoms with Crippen molar-refractivity contribution in [2.24, 2.45) is 0 Å². The maximum Gasteiger partial charge on any atom is 0.224 e. The molecule has 0 unspecified atom stereocenters. The maximum absolute atomic E-state index is 13.6. The first kappa shape index (κ1) is 13.0. The Morgan fingerprint density at radius 2 is 2.28 bits per heavy atom. The molecule has 0 aliphatic heterocycles. The summed E-state index contributed by atoms with van der Waals surface area (Å²) in [6.07, 6.45) is 4.82. The lowest BCUT2D eigenvalue weighted by atomic mass is 9.77. The third-order valence-corrected chi connectivity index (χ3v) is 3.27. The minimum Gasteiger partial charge on any atom is -0.394 e. The standard InChI is InChI=1S/C12H19FN4O/c1-2-6-14-11-15-7-9(13)10(16-11)17-12(8-18)4-3-5-12/h7,18H,2-6,8H2,1H3,(H2,14,15,16,17). The molecule has 5 nitrogen and oxygen atoms in total. The quantitative estimate of drug-likeness (QED) is 0.721. The van der Waals surface area contributed by atoms with Gasteiger partial charge in [0.1, 0.15) is 0 Å². The number of aliphatic hydroxyl groups is 1. The van der Waals surface area contributed by atoms with Crippen molar-refractivity contribution in [2.75, 3.05) is 23.8 Å². The predicted octanol–water partition coefficient (Wildman–Crippen LogP) is 1.76. The summed E-state index contributed by atoms with van der Waals surface area (Å²) in [7, 11) is 0. The molecule has 0 bridgehead atoms. The summed E-state index contributed by atoms with van der Waals surface area (Å²) in [5, 5.41) is 15.4. The van der Waals surface area contributed by atoms with Gasteiger partial charge in [-0.15, -0.1) is 0 Å². The Morgan fingerprint density at radius 3 is 2.83 bits per heavy atom. The van der Waals surface area contributed by atoms with Crippen molar-refractivity contribution in [2.45, 2.75) is 38.1 Å². The van der Waals surface area contributed by atoms with Crippen molar-refractivity contribution in [1.82, 2.24) is 9.97 Å². The Morgan fingerprint density at radius 1 is 1.50 bits per heavy atom. The Balaban J connectivity index is 2.10. The Hall–Kier alpha value is -1.43. The smallest absolute Gasteiger partial charge is 0.224 e. The molecule has 0 spiro atoms. The van der Waals surface area contributed by atoms with Crippen LogP contribution in [-0.2, 0) is 0 Å². The summed E-state index contributed by atoms with van der Waals surface area (Å²) in [5.41, 5.74) is -0.406. The molecule has 1 saturated carbocycles. The summed E-state index contributed by atoms with van der Waals surface area (Å²) in [6, 6.07) is 0. The minimum absolute atomic E-state index is 0.00579. The van der Waals surface area contributed by atoms with Gasteiger partial charge in [-0.3, -0.25) is 0 Å². The van der Waals surface area contributed by atoms with E-state index in [2.05, 4.69) is 20.6 Å². The summed E-state index contributed by atoms with van der Waals surface area (Å²) >= 11 is 0. The molecule has 100 valence electrons. The van der Waals surface area contributed by atoms with Gasteiger partial charge in [0.15, 0.2) is 11.6 Å². The highest BCUT2D eigenvalue weighted by molar-refractivity contribution is 5.44. The second-order valence-electron chi connectivity index (χ2n) is 4.73. The molecule has 1 aliphatic carbocycles. The average Bonchev–Trinajstić information content (AvgIpc) is 2.34. The first-order valence-electron chi connectivity index (χ1n) is 6.34. The van der Waals surface area contributed by atoms with Gasteiger partial charge in [0.25, 0.3) is 0 Å². The number of halogens is 1. The number of aromatic nitrogens is 2. The molecule has 3 N–H and O–H groups in total. The molecule has 0 radical (unpaired) electrons. The van der Waals surface area contributed by atoms with Gasteiger partial charge in [0.05, 0.1) is 18.3 Å². The largest absolute Gasteiger partial charge is 0.394 e. The second kappa shape index (κ2) is 5.48. The Labute approximate surface area is 106 Å². The molecule has 1 aliphatic rings. The van der Waals surface area contributed by atoms with E-state index < -0.39 is 11.4 Å². The second-order valence-corrected chi connectivity index (χ2v) is 4.73. The lowest BCUT2D eigenvalue weighted by molar-refractivity contribution is 0.143. The lowest BCUT2D eigenvalue weighted by Gasteiger charge is -2.41. The van der Waals surface area contributed by atoms with Crippen LogP contribution in [0, 0.1) is 5.82 Å². The summed E-state index contributed by atoms with van der Waals surface area (Å²) in [4.78, 5) is 7.98. The normalized spacial score (nSPS) is 17.1. The van der Waals surface area contributed by atoms with Crippen LogP contribution in [0.25, 0.3) is 0 Å². The van der Waals surface area contributed by atoms with Gasteiger partial charge in [-0.1, -0.05) is 6.92 Å². The van der Waals surface area contributed by atoms with E-state index in [0.29, 0.717) is 5.95 Å². The zero-order valence-corrected chi connectivity index (χ0v) is 10.5. The zero-order chi connectivity index (χ0) is 13.0. The summed E-state index contributed by atoms with van der Waals surface area (Å²) in [5.74, 6) is 0.0855. The fourth-order valence-corrected chi connectivity index (χ4v) is 1.95. The zero-order valence-electron chi connectivity index (χ0n) is 10.5. The fraction of sp³-hybridized carbons (Fsp3) is 0.667. The topological polar surface area (TPSA) is 70.1 Å². The molecule has 6 heteroatoms. The van der Waals surface area contributed by atoms with E-state index in [1.54, 1.807) is 0 Å². The molecular weight excluding hydrogens is 235 g/mol. The van der Waals surface area contributed by atoms with Crippen molar-refractivity contribution in [1.29, 1.82) is 0 Å². The molecule has 0 atom stereocenters.